The van der Waals surface area contributed by atoms with Crippen molar-refractivity contribution >= 4 is 24.5 Å². The summed E-state index contributed by atoms with van der Waals surface area (Å²) in [6.07, 6.45) is 0.157. The number of carboxylic acids is 1. The Balaban J connectivity index is 2.74. The highest BCUT2D eigenvalue weighted by Crippen LogP contribution is 1.95. The number of nitrogens with zero attached hydrogens (tertiary/aromatic N) is 1. The van der Waals surface area contributed by atoms with Crippen molar-refractivity contribution in [1.29, 1.82) is 0 Å². The van der Waals surface area contributed by atoms with Crippen LogP contribution >= 0.6 is 12.6 Å². The smallest absolute Gasteiger partial charge is 0.326 e. The fraction of sp³-hybridized carbons (Fsp3) is 0.400. The molecule has 0 spiro atoms. The van der Waals surface area contributed by atoms with Crippen LogP contribution < -0.4 is 16.4 Å². The van der Waals surface area contributed by atoms with Crippen LogP contribution in [-0.2, 0) is 16.1 Å². The molecule has 9 heteroatoms. The Labute approximate surface area is 112 Å². The lowest BCUT2D eigenvalue weighted by Gasteiger charge is -2.13. The molecule has 8 nitrogen and oxygen atoms in total. The summed E-state index contributed by atoms with van der Waals surface area (Å²) in [5.41, 5.74) is -1.09. The highest BCUT2D eigenvalue weighted by atomic mass is 32.1. The second-order valence-corrected chi connectivity index (χ2v) is 4.15. The summed E-state index contributed by atoms with van der Waals surface area (Å²) in [6, 6.07) is 0.989. The van der Waals surface area contributed by atoms with Crippen molar-refractivity contribution in [3.05, 3.63) is 32.8 Å². The third kappa shape index (κ3) is 4.62. The molecular weight excluding hydrogens is 274 g/mol. The van der Waals surface area contributed by atoms with Crippen molar-refractivity contribution < 1.29 is 14.7 Å². The van der Waals surface area contributed by atoms with E-state index in [4.69, 9.17) is 5.11 Å². The number of nitrogens with one attached hydrogen (secondary N) is 2. The maximum absolute atomic E-state index is 11.6. The van der Waals surface area contributed by atoms with E-state index in [1.165, 1.54) is 0 Å². The molecule has 19 heavy (non-hydrogen) atoms. The van der Waals surface area contributed by atoms with Crippen LogP contribution in [0.2, 0.25) is 0 Å². The number of H-pyrrole nitrogens is 1. The molecule has 1 atom stereocenters. The summed E-state index contributed by atoms with van der Waals surface area (Å²) in [7, 11) is 0. The van der Waals surface area contributed by atoms with Gasteiger partial charge in [0, 0.05) is 12.1 Å². The minimum Gasteiger partial charge on any atom is -0.480 e. The highest BCUT2D eigenvalue weighted by Gasteiger charge is 2.19. The molecule has 0 radical (unpaired) electrons. The van der Waals surface area contributed by atoms with Crippen molar-refractivity contribution in [1.82, 2.24) is 15.1 Å². The molecule has 1 aromatic rings. The average molecular weight is 287 g/mol. The van der Waals surface area contributed by atoms with Gasteiger partial charge in [-0.2, -0.15) is 12.6 Å². The van der Waals surface area contributed by atoms with Gasteiger partial charge in [0.15, 0.2) is 0 Å². The molecule has 1 aromatic heterocycles. The molecule has 0 saturated carbocycles. The lowest BCUT2D eigenvalue weighted by molar-refractivity contribution is -0.142. The summed E-state index contributed by atoms with van der Waals surface area (Å²) in [5.74, 6) is -1.58. The predicted molar refractivity (Wildman–Crippen MR) is 69.4 cm³/mol. The summed E-state index contributed by atoms with van der Waals surface area (Å²) in [4.78, 5) is 44.8. The topological polar surface area (TPSA) is 121 Å². The van der Waals surface area contributed by atoms with Crippen molar-refractivity contribution in [2.75, 3.05) is 5.75 Å². The van der Waals surface area contributed by atoms with Crippen LogP contribution in [0.1, 0.15) is 6.42 Å². The molecule has 0 aliphatic carbocycles. The van der Waals surface area contributed by atoms with E-state index in [1.807, 2.05) is 0 Å². The fourth-order valence-corrected chi connectivity index (χ4v) is 1.61. The van der Waals surface area contributed by atoms with Crippen molar-refractivity contribution in [2.24, 2.45) is 0 Å². The van der Waals surface area contributed by atoms with Gasteiger partial charge < -0.3 is 10.4 Å². The monoisotopic (exact) mass is 287 g/mol. The van der Waals surface area contributed by atoms with Gasteiger partial charge in [-0.3, -0.25) is 19.5 Å². The molecule has 0 fully saturated rings. The van der Waals surface area contributed by atoms with E-state index in [0.29, 0.717) is 5.75 Å². The zero-order valence-corrected chi connectivity index (χ0v) is 10.7. The van der Waals surface area contributed by atoms with Gasteiger partial charge >= 0.3 is 5.97 Å². The molecule has 1 rings (SSSR count). The van der Waals surface area contributed by atoms with Gasteiger partial charge in [-0.15, -0.1) is 0 Å². The zero-order valence-electron chi connectivity index (χ0n) is 9.83. The summed E-state index contributed by atoms with van der Waals surface area (Å²) in [5, 5.41) is 13.3. The first-order valence-corrected chi connectivity index (χ1v) is 6.00. The Morgan fingerprint density at radius 3 is 2.68 bits per heavy atom. The first-order chi connectivity index (χ1) is 8.93. The molecule has 104 valence electrons. The quantitative estimate of drug-likeness (QED) is 0.471. The van der Waals surface area contributed by atoms with E-state index in [2.05, 4.69) is 23.0 Å². The summed E-state index contributed by atoms with van der Waals surface area (Å²) < 4.78 is 0.803. The Bertz CT molecular complexity index is 579. The van der Waals surface area contributed by atoms with Gasteiger partial charge in [-0.1, -0.05) is 0 Å². The minimum atomic E-state index is -1.18. The molecule has 0 saturated heterocycles. The number of hydrogen-bond acceptors (Lipinski definition) is 5. The molecule has 0 aliphatic rings. The first-order valence-electron chi connectivity index (χ1n) is 5.37. The van der Waals surface area contributed by atoms with Crippen LogP contribution in [0.15, 0.2) is 21.7 Å². The lowest BCUT2D eigenvalue weighted by Crippen LogP contribution is -2.44. The zero-order chi connectivity index (χ0) is 14.4. The van der Waals surface area contributed by atoms with Crippen LogP contribution in [0.3, 0.4) is 0 Å². The Kier molecular flexibility index (Phi) is 5.37. The number of thiol groups is 1. The normalized spacial score (nSPS) is 11.8. The average Bonchev–Trinajstić information content (AvgIpc) is 2.33. The van der Waals surface area contributed by atoms with E-state index in [9.17, 15) is 19.2 Å². The molecule has 1 heterocycles. The lowest BCUT2D eigenvalue weighted by atomic mass is 10.2. The van der Waals surface area contributed by atoms with Gasteiger partial charge in [0.1, 0.15) is 12.6 Å². The summed E-state index contributed by atoms with van der Waals surface area (Å²) in [6.45, 7) is -0.453. The maximum Gasteiger partial charge on any atom is 0.326 e. The number of rotatable bonds is 6. The van der Waals surface area contributed by atoms with E-state index in [0.717, 1.165) is 16.8 Å². The molecule has 1 amide bonds. The second kappa shape index (κ2) is 6.78. The SMILES string of the molecule is O=C(Cn1[nH]c(=O)ccc1=O)NC(CCS)C(=O)O. The number of carbonyl (C=O) groups excluding carboxylic acids is 1. The molecule has 3 N–H and O–H groups in total. The Morgan fingerprint density at radius 2 is 2.11 bits per heavy atom. The minimum absolute atomic E-state index is 0.157. The van der Waals surface area contributed by atoms with Crippen LogP contribution in [-0.4, -0.2) is 38.6 Å². The van der Waals surface area contributed by atoms with E-state index in [1.54, 1.807) is 0 Å². The van der Waals surface area contributed by atoms with Crippen LogP contribution in [0, 0.1) is 0 Å². The number of hydrogen-bond donors (Lipinski definition) is 4. The molecule has 1 unspecified atom stereocenters. The van der Waals surface area contributed by atoms with Gasteiger partial charge in [0.05, 0.1) is 0 Å². The molecule has 0 aromatic carbocycles. The van der Waals surface area contributed by atoms with E-state index < -0.39 is 35.6 Å². The third-order valence-electron chi connectivity index (χ3n) is 2.24. The van der Waals surface area contributed by atoms with Crippen molar-refractivity contribution in [3.8, 4) is 0 Å². The van der Waals surface area contributed by atoms with E-state index >= 15 is 0 Å². The Hall–Kier alpha value is -2.03. The van der Waals surface area contributed by atoms with Crippen LogP contribution in [0.5, 0.6) is 0 Å². The van der Waals surface area contributed by atoms with Gasteiger partial charge in [0.2, 0.25) is 5.91 Å². The van der Waals surface area contributed by atoms with Crippen LogP contribution in [0.25, 0.3) is 0 Å². The van der Waals surface area contributed by atoms with Gasteiger partial charge in [-0.05, 0) is 12.2 Å². The van der Waals surface area contributed by atoms with Gasteiger partial charge in [-0.25, -0.2) is 9.48 Å². The van der Waals surface area contributed by atoms with Crippen molar-refractivity contribution in [2.45, 2.75) is 19.0 Å². The number of aromatic nitrogens is 2. The van der Waals surface area contributed by atoms with Crippen molar-refractivity contribution in [3.63, 3.8) is 0 Å². The number of carbonyl (C=O) groups is 2. The third-order valence-corrected chi connectivity index (χ3v) is 2.50. The standard InChI is InChI=1S/C10H13N3O5S/c14-7-1-2-9(16)13(12-7)5-8(15)11-6(3-4-19)10(17)18/h1-2,6,19H,3-5H2,(H,11,15)(H,12,14)(H,17,18). The largest absolute Gasteiger partial charge is 0.480 e. The Morgan fingerprint density at radius 1 is 1.42 bits per heavy atom. The number of aromatic amines is 1. The number of aliphatic carboxylic acids is 1. The van der Waals surface area contributed by atoms with E-state index in [-0.39, 0.29) is 6.42 Å². The molecule has 0 aliphatic heterocycles. The number of carboxylic acid groups (broad SMARTS) is 1. The fourth-order valence-electron chi connectivity index (χ4n) is 1.35. The van der Waals surface area contributed by atoms with Crippen LogP contribution in [0.4, 0.5) is 0 Å². The van der Waals surface area contributed by atoms with Gasteiger partial charge in [0.25, 0.3) is 11.1 Å². The molecular formula is C10H13N3O5S. The second-order valence-electron chi connectivity index (χ2n) is 3.70. The highest BCUT2D eigenvalue weighted by molar-refractivity contribution is 7.80. The summed E-state index contributed by atoms with van der Waals surface area (Å²) >= 11 is 3.89. The molecule has 0 bridgehead atoms. The first kappa shape index (κ1) is 15.0. The maximum atomic E-state index is 11.6. The number of amides is 1. The predicted octanol–water partition coefficient (Wildman–Crippen LogP) is -1.57.